The number of amides is 3. The minimum atomic E-state index is -1.07. The van der Waals surface area contributed by atoms with Gasteiger partial charge in [0.1, 0.15) is 12.1 Å². The molecule has 0 aromatic heterocycles. The Morgan fingerprint density at radius 1 is 0.538 bits per heavy atom. The number of nitrogens with zero attached hydrogens (tertiary/aromatic N) is 3. The maximum Gasteiger partial charge on any atom is 0.563 e. The quantitative estimate of drug-likeness (QED) is 0.0334. The molecule has 0 saturated carbocycles. The summed E-state index contributed by atoms with van der Waals surface area (Å²) in [5.41, 5.74) is 9.58. The number of benzene rings is 7. The van der Waals surface area contributed by atoms with Gasteiger partial charge in [-0.25, -0.2) is 34.2 Å². The third kappa shape index (κ3) is 25.1. The van der Waals surface area contributed by atoms with Crippen LogP contribution >= 0.6 is 11.8 Å². The number of carbonyl (C=O) groups is 6. The minimum absolute atomic E-state index is 0. The Morgan fingerprint density at radius 3 is 1.45 bits per heavy atom. The second-order valence-electron chi connectivity index (χ2n) is 22.5. The molecule has 8 aliphatic heterocycles. The molecule has 104 heavy (non-hydrogen) atoms. The van der Waals surface area contributed by atoms with E-state index in [1.165, 1.54) is 11.9 Å². The SMILES string of the molecule is C=Cc1ccc(C2=Nc3ccccc3B(O)O2)cc1.C=Cc1ccc([C-]=O)cc1.O=C1NC(CCC2=Nc3ccccc3B(O)O2)C(=O)O1.O=C1NC(CCC2=Nc3ccccc3B(O)O2)C(=O)S1.O=[C-]CCC1NC(=O)OC1=O.[Y].[Y].[c-]1ccccc1B1CCCO1.[c-]1ccccc1B1OCCO1. The van der Waals surface area contributed by atoms with E-state index in [-0.39, 0.29) is 95.7 Å². The van der Waals surface area contributed by atoms with Crippen molar-refractivity contribution in [1.82, 2.24) is 16.0 Å². The molecule has 33 heteroatoms. The zero-order valence-corrected chi connectivity index (χ0v) is 62.4. The fourth-order valence-corrected chi connectivity index (χ4v) is 10.9. The predicted molar refractivity (Wildman–Crippen MR) is 387 cm³/mol. The second-order valence-corrected chi connectivity index (χ2v) is 23.4. The molecule has 15 rings (SSSR count). The number of fused-ring (bicyclic) bond motifs is 3. The summed E-state index contributed by atoms with van der Waals surface area (Å²) in [6, 6.07) is 56.5. The van der Waals surface area contributed by atoms with Crippen molar-refractivity contribution in [3.05, 3.63) is 217 Å². The van der Waals surface area contributed by atoms with E-state index in [4.69, 9.17) is 27.9 Å². The molecule has 6 N–H and O–H groups in total. The fraction of sp³-hybridized carbons (Fsp3) is 0.197. The maximum atomic E-state index is 11.5. The van der Waals surface area contributed by atoms with Crippen molar-refractivity contribution < 1.29 is 156 Å². The minimum Gasteiger partial charge on any atom is -0.542 e. The number of carbonyl (C=O) groups excluding carboxylic acids is 8. The molecule has 2 radical (unpaired) electrons. The average Bonchev–Trinajstić information content (AvgIpc) is 1.69. The molecule has 25 nitrogen and oxygen atoms in total. The van der Waals surface area contributed by atoms with Gasteiger partial charge in [0.05, 0.1) is 42.6 Å². The smallest absolute Gasteiger partial charge is 0.542 e. The molecule has 8 heterocycles. The summed E-state index contributed by atoms with van der Waals surface area (Å²) in [4.78, 5) is 98.5. The second kappa shape index (κ2) is 43.0. The van der Waals surface area contributed by atoms with E-state index in [0.717, 1.165) is 40.8 Å². The number of hydrogen-bond acceptors (Lipinski definition) is 23. The van der Waals surface area contributed by atoms with Gasteiger partial charge in [-0.1, -0.05) is 97.6 Å². The molecule has 0 spiro atoms. The van der Waals surface area contributed by atoms with Gasteiger partial charge in [0.15, 0.2) is 11.8 Å². The molecule has 3 amide bonds. The summed E-state index contributed by atoms with van der Waals surface area (Å²) in [5, 5.41) is 36.4. The molecular formula is C71H65B5N6O19SY2-4. The average molecular weight is 1570 g/mol. The molecule has 3 atom stereocenters. The van der Waals surface area contributed by atoms with E-state index in [2.05, 4.69) is 71.8 Å². The molecule has 5 fully saturated rings. The predicted octanol–water partition coefficient (Wildman–Crippen LogP) is 5.17. The zero-order valence-electron chi connectivity index (χ0n) is 55.9. The van der Waals surface area contributed by atoms with Crippen LogP contribution in [0.25, 0.3) is 12.2 Å². The first-order valence-corrected chi connectivity index (χ1v) is 33.0. The fourth-order valence-electron chi connectivity index (χ4n) is 10.2. The summed E-state index contributed by atoms with van der Waals surface area (Å²) in [6.45, 7) is 9.90. The molecule has 5 saturated heterocycles. The molecule has 0 bridgehead atoms. The molecule has 3 unspecified atom stereocenters. The third-order valence-corrected chi connectivity index (χ3v) is 16.2. The van der Waals surface area contributed by atoms with Crippen molar-refractivity contribution in [2.75, 3.05) is 19.8 Å². The van der Waals surface area contributed by atoms with Gasteiger partial charge in [-0.05, 0) is 67.9 Å². The first-order valence-electron chi connectivity index (χ1n) is 32.2. The van der Waals surface area contributed by atoms with E-state index < -0.39 is 63.6 Å². The van der Waals surface area contributed by atoms with Gasteiger partial charge in [-0.3, -0.25) is 15.9 Å². The van der Waals surface area contributed by atoms with Gasteiger partial charge in [-0.15, -0.1) is 24.0 Å². The Balaban J connectivity index is 0.000000172. The van der Waals surface area contributed by atoms with Crippen LogP contribution in [-0.2, 0) is 127 Å². The van der Waals surface area contributed by atoms with Gasteiger partial charge in [0, 0.05) is 119 Å². The normalized spacial score (nSPS) is 17.4. The summed E-state index contributed by atoms with van der Waals surface area (Å²) in [5.74, 6) is -0.0975. The Bertz CT molecular complexity index is 4000. The van der Waals surface area contributed by atoms with Gasteiger partial charge < -0.3 is 78.0 Å². The largest absolute Gasteiger partial charge is 0.563 e. The number of hydrogen-bond donors (Lipinski definition) is 6. The van der Waals surface area contributed by atoms with Crippen molar-refractivity contribution in [2.24, 2.45) is 15.0 Å². The topological polar surface area (TPSA) is 344 Å². The molecule has 8 aliphatic rings. The number of alkyl carbamates (subject to hydrolysis) is 2. The van der Waals surface area contributed by atoms with Crippen molar-refractivity contribution in [3.63, 3.8) is 0 Å². The van der Waals surface area contributed by atoms with Crippen LogP contribution in [0.3, 0.4) is 0 Å². The van der Waals surface area contributed by atoms with E-state index in [9.17, 15) is 53.4 Å². The molecule has 0 aliphatic carbocycles. The van der Waals surface area contributed by atoms with E-state index in [0.29, 0.717) is 109 Å². The van der Waals surface area contributed by atoms with Crippen LogP contribution in [0, 0.1) is 12.1 Å². The van der Waals surface area contributed by atoms with Gasteiger partial charge in [0.25, 0.3) is 5.24 Å². The first kappa shape index (κ1) is 82.7. The number of esters is 2. The summed E-state index contributed by atoms with van der Waals surface area (Å²) >= 11 is 0.685. The number of aliphatic imine (C=N–C) groups is 3. The molecular weight excluding hydrogens is 1500 g/mol. The van der Waals surface area contributed by atoms with Crippen LogP contribution in [0.5, 0.6) is 0 Å². The summed E-state index contributed by atoms with van der Waals surface area (Å²) in [6.07, 6.45) is 9.56. The van der Waals surface area contributed by atoms with Crippen LogP contribution < -0.4 is 43.3 Å². The molecule has 524 valence electrons. The number of cyclic esters (lactones) is 4. The number of nitrogens with one attached hydrogen (secondary N) is 3. The first-order chi connectivity index (χ1) is 49.6. The van der Waals surface area contributed by atoms with Gasteiger partial charge in [0.2, 0.25) is 11.0 Å². The standard InChI is InChI=1S/C15H12BNO2.C12H11BN2O5.C12H11BN2O4S.C9H10BO.C9H7O.C8H8BO2.C6H6NO4.2Y/c1-2-11-7-9-12(10-8-11)15-17-14-6-4-3-5-13(14)16(18)19-15;16-11-9(15-12(17)19-11)5-6-10-14-8-4-2-1-3-7(8)13(18)20-10;16-11-9(15-12(17)20-11)5-6-10-14-8-4-2-1-3-7(8)13(18)19-10;1-2-5-9(6-3-1)10-7-4-8-11-10;1-2-8-3-5-9(7-10)6-4-8;1-2-4-8(5-3-1)9-10-6-7-11-9;8-3-1-2-4-5(9)11-6(10)7-4;;/h2-10,18H,1H2;2*1-4,9,18H,5-6H2,(H,15,17);1-3,5H,4,7-8H2;2-6H,1H2;1-4H,6-7H2;4H,1-2H2,(H,7,10);;/q;;;4*-1;;. The van der Waals surface area contributed by atoms with Crippen molar-refractivity contribution in [1.29, 1.82) is 0 Å². The van der Waals surface area contributed by atoms with Crippen LogP contribution in [-0.4, -0.2) is 153 Å². The summed E-state index contributed by atoms with van der Waals surface area (Å²) in [7, 11) is -3.26. The number of rotatable bonds is 15. The molecule has 7 aromatic rings. The Morgan fingerprint density at radius 2 is 1.01 bits per heavy atom. The van der Waals surface area contributed by atoms with Crippen LogP contribution in [0.2, 0.25) is 6.32 Å². The van der Waals surface area contributed by atoms with Crippen molar-refractivity contribution >= 4 is 168 Å². The van der Waals surface area contributed by atoms with Gasteiger partial charge >= 0.3 is 59.5 Å². The Hall–Kier alpha value is -8.57. The summed E-state index contributed by atoms with van der Waals surface area (Å²) < 4.78 is 40.6. The van der Waals surface area contributed by atoms with Gasteiger partial charge in [-0.2, -0.15) is 83.8 Å². The van der Waals surface area contributed by atoms with Crippen LogP contribution in [0.1, 0.15) is 67.2 Å². The van der Waals surface area contributed by atoms with Crippen molar-refractivity contribution in [2.45, 2.75) is 69.4 Å². The van der Waals surface area contributed by atoms with Crippen molar-refractivity contribution in [3.8, 4) is 0 Å². The third-order valence-electron chi connectivity index (χ3n) is 15.5. The number of ether oxygens (including phenoxy) is 2. The Kier molecular flexibility index (Phi) is 34.2. The maximum absolute atomic E-state index is 11.5. The van der Waals surface area contributed by atoms with E-state index in [1.807, 2.05) is 109 Å². The Labute approximate surface area is 656 Å². The van der Waals surface area contributed by atoms with E-state index >= 15 is 0 Å². The van der Waals surface area contributed by atoms with Crippen LogP contribution in [0.15, 0.2) is 198 Å². The molecule has 7 aromatic carbocycles. The monoisotopic (exact) mass is 1570 g/mol. The number of para-hydroxylation sites is 3. The van der Waals surface area contributed by atoms with Crippen LogP contribution in [0.4, 0.5) is 31.4 Å². The zero-order chi connectivity index (χ0) is 72.2. The van der Waals surface area contributed by atoms with E-state index in [1.54, 1.807) is 79.3 Å². The number of thioether (sulfide) groups is 1.